The standard InChI is InChI=1S/C41H47N3O7/c1-24-12-10-15-26(3)40(51-28(5)46)25(2)14-8-7-9-17-30-32(50-6)19-18-31(47)35-34(30)36-38(44-21-20-29(23-45)22-33(44)42-36)37(39(35)48)43-41(49)27(4)16-11-13-24/h7-8,11,13,16,20-26,32,40,47-48H,9-10,12,14-15,17H2,1-6H3,(H,43,49)/b8-7+,13-11+,27-16-/t24?,25-,26?,32?,40?/m1/s1. The maximum absolute atomic E-state index is 13.7. The first kappa shape index (κ1) is 37.1. The number of methoxy groups -OCH3 is 1. The minimum absolute atomic E-state index is 0.0448. The Morgan fingerprint density at radius 1 is 1.14 bits per heavy atom. The molecule has 3 N–H and O–H groups in total. The van der Waals surface area contributed by atoms with Gasteiger partial charge in [-0.1, -0.05) is 63.5 Å². The average molecular weight is 694 g/mol. The molecular formula is C41H47N3O7. The van der Waals surface area contributed by atoms with E-state index >= 15 is 0 Å². The first-order valence-corrected chi connectivity index (χ1v) is 17.6. The third kappa shape index (κ3) is 8.10. The third-order valence-electron chi connectivity index (χ3n) is 9.80. The van der Waals surface area contributed by atoms with Gasteiger partial charge in [0, 0.05) is 36.6 Å². The number of hydrogen-bond acceptors (Lipinski definition) is 8. The molecule has 3 aromatic rings. The average Bonchev–Trinajstić information content (AvgIpc) is 3.41. The number of imidazole rings is 1. The van der Waals surface area contributed by atoms with E-state index < -0.39 is 12.0 Å². The van der Waals surface area contributed by atoms with Crippen molar-refractivity contribution in [1.82, 2.24) is 9.38 Å². The van der Waals surface area contributed by atoms with Crippen molar-refractivity contribution in [2.24, 2.45) is 17.8 Å². The van der Waals surface area contributed by atoms with Gasteiger partial charge in [0.2, 0.25) is 0 Å². The zero-order chi connectivity index (χ0) is 36.8. The molecule has 51 heavy (non-hydrogen) atoms. The number of fused-ring (bicyclic) bond motifs is 1. The summed E-state index contributed by atoms with van der Waals surface area (Å²) in [5.74, 6) is 4.76. The summed E-state index contributed by atoms with van der Waals surface area (Å²) < 4.78 is 13.4. The lowest BCUT2D eigenvalue weighted by Gasteiger charge is -2.29. The lowest BCUT2D eigenvalue weighted by atomic mass is 9.86. The predicted octanol–water partition coefficient (Wildman–Crippen LogP) is 6.05. The number of esters is 1. The smallest absolute Gasteiger partial charge is 0.302 e. The lowest BCUT2D eigenvalue weighted by Crippen LogP contribution is -2.34. The van der Waals surface area contributed by atoms with Gasteiger partial charge >= 0.3 is 5.97 Å². The van der Waals surface area contributed by atoms with Crippen LogP contribution in [0.4, 0.5) is 5.69 Å². The van der Waals surface area contributed by atoms with E-state index in [1.807, 2.05) is 6.08 Å². The van der Waals surface area contributed by atoms with Gasteiger partial charge in [-0.15, -0.1) is 0 Å². The predicted molar refractivity (Wildman–Crippen MR) is 198 cm³/mol. The number of nitrogens with one attached hydrogen (secondary N) is 1. The molecule has 2 aromatic heterocycles. The highest BCUT2D eigenvalue weighted by molar-refractivity contribution is 6.10. The van der Waals surface area contributed by atoms with Crippen LogP contribution in [0, 0.1) is 29.6 Å². The van der Waals surface area contributed by atoms with Crippen LogP contribution in [-0.2, 0) is 19.1 Å². The molecule has 5 atom stereocenters. The largest absolute Gasteiger partial charge is 0.505 e. The molecule has 10 heteroatoms. The number of aromatic hydroxyl groups is 1. The molecule has 0 spiro atoms. The van der Waals surface area contributed by atoms with Crippen molar-refractivity contribution in [2.75, 3.05) is 12.4 Å². The van der Waals surface area contributed by atoms with Crippen LogP contribution in [0.25, 0.3) is 28.0 Å². The van der Waals surface area contributed by atoms with Crippen molar-refractivity contribution in [1.29, 1.82) is 0 Å². The highest BCUT2D eigenvalue weighted by atomic mass is 16.5. The molecule has 4 unspecified atom stereocenters. The summed E-state index contributed by atoms with van der Waals surface area (Å²) in [5.41, 5.74) is 2.73. The second kappa shape index (κ2) is 16.3. The number of aromatic nitrogens is 2. The summed E-state index contributed by atoms with van der Waals surface area (Å²) >= 11 is 0. The third-order valence-corrected chi connectivity index (χ3v) is 9.80. The number of aldehydes is 1. The highest BCUT2D eigenvalue weighted by Gasteiger charge is 2.27. The number of nitrogens with zero attached hydrogens (tertiary/aromatic N) is 2. The van der Waals surface area contributed by atoms with Gasteiger partial charge in [0.15, 0.2) is 11.5 Å². The maximum atomic E-state index is 13.7. The van der Waals surface area contributed by atoms with Gasteiger partial charge in [-0.25, -0.2) is 4.98 Å². The monoisotopic (exact) mass is 693 g/mol. The molecule has 1 amide bonds. The topological polar surface area (TPSA) is 139 Å². The summed E-state index contributed by atoms with van der Waals surface area (Å²) in [6.45, 7) is 9.51. The van der Waals surface area contributed by atoms with E-state index in [1.54, 1.807) is 35.7 Å². The Kier molecular flexibility index (Phi) is 11.8. The molecule has 1 aliphatic carbocycles. The minimum Gasteiger partial charge on any atom is -0.505 e. The number of benzene rings is 1. The van der Waals surface area contributed by atoms with Crippen LogP contribution in [-0.4, -0.2) is 57.1 Å². The SMILES string of the molecule is COC1C#CC(O)=c2c(O)c3c4c(nc5cc(C=O)ccn54)c2=C1CC/C=C/C[C@@H](C)C(OC(C)=O)C(C)CCCC(C)/C=C/C=C(/C)C(=O)N3. The number of ether oxygens (including phenoxy) is 2. The normalized spacial score (nSPS) is 26.0. The number of carbonyl (C=O) groups is 3. The molecule has 268 valence electrons. The number of carbonyl (C=O) groups excluding carboxylic acids is 3. The summed E-state index contributed by atoms with van der Waals surface area (Å²) in [4.78, 5) is 42.3. The van der Waals surface area contributed by atoms with E-state index in [1.165, 1.54) is 14.0 Å². The number of amides is 1. The molecule has 1 aliphatic heterocycles. The van der Waals surface area contributed by atoms with E-state index in [9.17, 15) is 24.6 Å². The first-order chi connectivity index (χ1) is 24.4. The quantitative estimate of drug-likeness (QED) is 0.0992. The molecule has 1 aromatic carbocycles. The molecule has 2 bridgehead atoms. The number of aliphatic hydroxyl groups excluding tert-OH is 1. The van der Waals surface area contributed by atoms with Crippen LogP contribution in [0.3, 0.4) is 0 Å². The number of pyridine rings is 1. The van der Waals surface area contributed by atoms with Gasteiger partial charge in [-0.3, -0.25) is 18.8 Å². The number of hydrogen-bond donors (Lipinski definition) is 3. The molecule has 3 heterocycles. The van der Waals surface area contributed by atoms with E-state index in [2.05, 4.69) is 56.2 Å². The Balaban J connectivity index is 1.73. The Bertz CT molecular complexity index is 2130. The van der Waals surface area contributed by atoms with Crippen LogP contribution >= 0.6 is 0 Å². The number of phenolic OH excluding ortho intramolecular Hbond substituents is 1. The fourth-order valence-electron chi connectivity index (χ4n) is 7.04. The number of phenols is 1. The van der Waals surface area contributed by atoms with Crippen molar-refractivity contribution in [2.45, 2.75) is 85.4 Å². The summed E-state index contributed by atoms with van der Waals surface area (Å²) in [6.07, 6.45) is 15.8. The molecule has 0 saturated heterocycles. The van der Waals surface area contributed by atoms with Crippen molar-refractivity contribution < 1.29 is 34.1 Å². The molecule has 10 nitrogen and oxygen atoms in total. The Hall–Kier alpha value is -5.14. The van der Waals surface area contributed by atoms with Crippen molar-refractivity contribution in [3.05, 3.63) is 70.3 Å². The molecule has 2 aliphatic rings. The molecule has 0 saturated carbocycles. The number of anilines is 1. The van der Waals surface area contributed by atoms with E-state index in [-0.39, 0.29) is 52.2 Å². The highest BCUT2D eigenvalue weighted by Crippen LogP contribution is 2.32. The zero-order valence-corrected chi connectivity index (χ0v) is 30.2. The number of allylic oxidation sites excluding steroid dienone is 5. The van der Waals surface area contributed by atoms with Gasteiger partial charge in [-0.2, -0.15) is 0 Å². The van der Waals surface area contributed by atoms with Crippen molar-refractivity contribution in [3.8, 4) is 17.6 Å². The number of aliphatic hydroxyl groups is 1. The van der Waals surface area contributed by atoms with E-state index in [4.69, 9.17) is 14.5 Å². The van der Waals surface area contributed by atoms with Gasteiger partial charge in [0.1, 0.15) is 40.9 Å². The van der Waals surface area contributed by atoms with Crippen LogP contribution < -0.4 is 15.8 Å². The van der Waals surface area contributed by atoms with Crippen LogP contribution in [0.2, 0.25) is 0 Å². The summed E-state index contributed by atoms with van der Waals surface area (Å²) in [6, 6.07) is 3.24. The van der Waals surface area contributed by atoms with Crippen LogP contribution in [0.5, 0.6) is 5.75 Å². The molecule has 5 rings (SSSR count). The van der Waals surface area contributed by atoms with Crippen LogP contribution in [0.1, 0.15) is 83.5 Å². The van der Waals surface area contributed by atoms with Gasteiger partial charge in [0.05, 0.1) is 5.22 Å². The Labute approximate surface area is 298 Å². The molecule has 0 radical (unpaired) electrons. The fraction of sp³-hybridized carbons (Fsp3) is 0.415. The van der Waals surface area contributed by atoms with Gasteiger partial charge < -0.3 is 25.0 Å². The van der Waals surface area contributed by atoms with E-state index in [0.29, 0.717) is 57.9 Å². The first-order valence-electron chi connectivity index (χ1n) is 17.6. The fourth-order valence-corrected chi connectivity index (χ4v) is 7.04. The van der Waals surface area contributed by atoms with Crippen molar-refractivity contribution >= 4 is 51.9 Å². The van der Waals surface area contributed by atoms with E-state index in [0.717, 1.165) is 25.5 Å². The van der Waals surface area contributed by atoms with Crippen molar-refractivity contribution in [3.63, 3.8) is 0 Å². The molecular weight excluding hydrogens is 646 g/mol. The minimum atomic E-state index is -0.734. The Morgan fingerprint density at radius 2 is 1.92 bits per heavy atom. The molecule has 0 fully saturated rings. The second-order valence-corrected chi connectivity index (χ2v) is 13.7. The summed E-state index contributed by atoms with van der Waals surface area (Å²) in [7, 11) is 1.53. The van der Waals surface area contributed by atoms with Gasteiger partial charge in [0.25, 0.3) is 5.91 Å². The maximum Gasteiger partial charge on any atom is 0.302 e. The summed E-state index contributed by atoms with van der Waals surface area (Å²) in [5, 5.41) is 26.6. The Morgan fingerprint density at radius 3 is 2.65 bits per heavy atom. The van der Waals surface area contributed by atoms with Gasteiger partial charge in [-0.05, 0) is 80.4 Å². The number of rotatable bonds is 3. The lowest BCUT2D eigenvalue weighted by molar-refractivity contribution is -0.152. The second-order valence-electron chi connectivity index (χ2n) is 13.7. The zero-order valence-electron chi connectivity index (χ0n) is 30.2. The van der Waals surface area contributed by atoms with Crippen LogP contribution in [0.15, 0.2) is 54.3 Å².